The van der Waals surface area contributed by atoms with Crippen molar-refractivity contribution in [1.82, 2.24) is 15.0 Å². The van der Waals surface area contributed by atoms with Crippen molar-refractivity contribution in [2.24, 2.45) is 0 Å². The third-order valence-corrected chi connectivity index (χ3v) is 4.99. The summed E-state index contributed by atoms with van der Waals surface area (Å²) in [6.07, 6.45) is 1.58. The molecule has 6 heteroatoms. The van der Waals surface area contributed by atoms with Crippen LogP contribution in [-0.2, 0) is 6.54 Å². The molecule has 0 aliphatic carbocycles. The molecule has 1 fully saturated rings. The molecule has 4 rings (SSSR count). The molecule has 0 atom stereocenters. The van der Waals surface area contributed by atoms with Crippen LogP contribution < -0.4 is 4.90 Å². The number of hydrogen-bond donors (Lipinski definition) is 0. The topological polar surface area (TPSA) is 45.4 Å². The Kier molecular flexibility index (Phi) is 4.08. The Balaban J connectivity index is 1.36. The van der Waals surface area contributed by atoms with Gasteiger partial charge in [-0.05, 0) is 5.56 Å². The van der Waals surface area contributed by atoms with E-state index >= 15 is 0 Å². The molecular formula is C17H18N4OS. The van der Waals surface area contributed by atoms with Crippen molar-refractivity contribution in [2.45, 2.75) is 6.54 Å². The first kappa shape index (κ1) is 14.4. The molecule has 0 unspecified atom stereocenters. The van der Waals surface area contributed by atoms with Crippen molar-refractivity contribution in [3.63, 3.8) is 0 Å². The molecule has 0 amide bonds. The lowest BCUT2D eigenvalue weighted by atomic mass is 10.2. The number of benzene rings is 1. The van der Waals surface area contributed by atoms with Crippen LogP contribution >= 0.6 is 11.3 Å². The van der Waals surface area contributed by atoms with Gasteiger partial charge >= 0.3 is 0 Å². The van der Waals surface area contributed by atoms with E-state index in [-0.39, 0.29) is 0 Å². The Morgan fingerprint density at radius 1 is 1.00 bits per heavy atom. The molecule has 0 radical (unpaired) electrons. The van der Waals surface area contributed by atoms with Crippen LogP contribution in [0.2, 0.25) is 0 Å². The largest absolute Gasteiger partial charge is 0.364 e. The zero-order valence-electron chi connectivity index (χ0n) is 12.8. The molecule has 3 heterocycles. The summed E-state index contributed by atoms with van der Waals surface area (Å²) >= 11 is 1.67. The van der Waals surface area contributed by atoms with Crippen LogP contribution in [0.1, 0.15) is 5.56 Å². The summed E-state index contributed by atoms with van der Waals surface area (Å²) in [6, 6.07) is 12.5. The van der Waals surface area contributed by atoms with Crippen molar-refractivity contribution in [1.29, 1.82) is 0 Å². The van der Waals surface area contributed by atoms with Gasteiger partial charge in [0.1, 0.15) is 17.7 Å². The maximum absolute atomic E-state index is 4.89. The average molecular weight is 326 g/mol. The SMILES string of the molecule is c1ccc(CN2CCN(c3nc(-c4ccon4)cs3)CC2)cc1. The lowest BCUT2D eigenvalue weighted by Gasteiger charge is -2.34. The summed E-state index contributed by atoms with van der Waals surface area (Å²) in [7, 11) is 0. The summed E-state index contributed by atoms with van der Waals surface area (Å²) < 4.78 is 4.89. The minimum absolute atomic E-state index is 0.801. The highest BCUT2D eigenvalue weighted by molar-refractivity contribution is 7.14. The van der Waals surface area contributed by atoms with Gasteiger partial charge in [0.25, 0.3) is 0 Å². The van der Waals surface area contributed by atoms with Crippen molar-refractivity contribution >= 4 is 16.5 Å². The number of thiazole rings is 1. The Hall–Kier alpha value is -2.18. The summed E-state index contributed by atoms with van der Waals surface area (Å²) in [5.41, 5.74) is 3.07. The first-order chi connectivity index (χ1) is 11.4. The van der Waals surface area contributed by atoms with Crippen LogP contribution in [0.5, 0.6) is 0 Å². The third-order valence-electron chi connectivity index (χ3n) is 4.08. The second-order valence-corrected chi connectivity index (χ2v) is 6.49. The zero-order chi connectivity index (χ0) is 15.5. The van der Waals surface area contributed by atoms with Crippen LogP contribution in [0, 0.1) is 0 Å². The first-order valence-corrected chi connectivity index (χ1v) is 8.64. The molecule has 3 aromatic rings. The summed E-state index contributed by atoms with van der Waals surface area (Å²) in [5.74, 6) is 0. The van der Waals surface area contributed by atoms with Crippen molar-refractivity contribution in [3.8, 4) is 11.4 Å². The Labute approximate surface area is 139 Å². The number of anilines is 1. The van der Waals surface area contributed by atoms with Gasteiger partial charge < -0.3 is 9.42 Å². The van der Waals surface area contributed by atoms with E-state index in [0.717, 1.165) is 49.2 Å². The van der Waals surface area contributed by atoms with Gasteiger partial charge in [-0.3, -0.25) is 4.90 Å². The maximum atomic E-state index is 4.89. The van der Waals surface area contributed by atoms with Gasteiger partial charge in [-0.2, -0.15) is 0 Å². The molecule has 0 bridgehead atoms. The van der Waals surface area contributed by atoms with Gasteiger partial charge in [0, 0.05) is 44.2 Å². The van der Waals surface area contributed by atoms with E-state index in [1.807, 2.05) is 11.4 Å². The van der Waals surface area contributed by atoms with E-state index in [1.165, 1.54) is 5.56 Å². The van der Waals surface area contributed by atoms with Gasteiger partial charge in [-0.25, -0.2) is 4.98 Å². The lowest BCUT2D eigenvalue weighted by Crippen LogP contribution is -2.45. The second-order valence-electron chi connectivity index (χ2n) is 5.65. The van der Waals surface area contributed by atoms with Gasteiger partial charge in [0.2, 0.25) is 0 Å². The van der Waals surface area contributed by atoms with Crippen molar-refractivity contribution in [2.75, 3.05) is 31.1 Å². The second kappa shape index (κ2) is 6.52. The molecule has 1 saturated heterocycles. The molecule has 0 saturated carbocycles. The van der Waals surface area contributed by atoms with E-state index in [9.17, 15) is 0 Å². The predicted octanol–water partition coefficient (Wildman–Crippen LogP) is 3.12. The molecule has 23 heavy (non-hydrogen) atoms. The van der Waals surface area contributed by atoms with Gasteiger partial charge in [0.15, 0.2) is 5.13 Å². The number of nitrogens with zero attached hydrogens (tertiary/aromatic N) is 4. The minimum atomic E-state index is 0.801. The number of aromatic nitrogens is 2. The predicted molar refractivity (Wildman–Crippen MR) is 91.5 cm³/mol. The van der Waals surface area contributed by atoms with Crippen molar-refractivity contribution in [3.05, 3.63) is 53.6 Å². The molecule has 118 valence electrons. The van der Waals surface area contributed by atoms with Gasteiger partial charge in [0.05, 0.1) is 0 Å². The van der Waals surface area contributed by atoms with Crippen LogP contribution in [0.25, 0.3) is 11.4 Å². The summed E-state index contributed by atoms with van der Waals surface area (Å²) in [5, 5.41) is 7.06. The van der Waals surface area contributed by atoms with Gasteiger partial charge in [-0.15, -0.1) is 11.3 Å². The fourth-order valence-corrected chi connectivity index (χ4v) is 3.68. The van der Waals surface area contributed by atoms with E-state index < -0.39 is 0 Å². The fourth-order valence-electron chi connectivity index (χ4n) is 2.81. The third kappa shape index (κ3) is 3.28. The summed E-state index contributed by atoms with van der Waals surface area (Å²) in [6.45, 7) is 5.18. The molecular weight excluding hydrogens is 308 g/mol. The first-order valence-electron chi connectivity index (χ1n) is 7.76. The van der Waals surface area contributed by atoms with E-state index in [0.29, 0.717) is 0 Å². The molecule has 5 nitrogen and oxygen atoms in total. The lowest BCUT2D eigenvalue weighted by molar-refractivity contribution is 0.250. The maximum Gasteiger partial charge on any atom is 0.186 e. The smallest absolute Gasteiger partial charge is 0.186 e. The Morgan fingerprint density at radius 2 is 1.83 bits per heavy atom. The molecule has 1 aromatic carbocycles. The molecule has 0 N–H and O–H groups in total. The highest BCUT2D eigenvalue weighted by Gasteiger charge is 2.20. The highest BCUT2D eigenvalue weighted by Crippen LogP contribution is 2.27. The van der Waals surface area contributed by atoms with Crippen LogP contribution in [0.15, 0.2) is 52.6 Å². The fraction of sp³-hybridized carbons (Fsp3) is 0.294. The average Bonchev–Trinajstić information content (AvgIpc) is 3.28. The molecule has 2 aromatic heterocycles. The Morgan fingerprint density at radius 3 is 2.57 bits per heavy atom. The number of hydrogen-bond acceptors (Lipinski definition) is 6. The summed E-state index contributed by atoms with van der Waals surface area (Å²) in [4.78, 5) is 9.54. The van der Waals surface area contributed by atoms with Crippen LogP contribution in [-0.4, -0.2) is 41.2 Å². The number of piperazine rings is 1. The minimum Gasteiger partial charge on any atom is -0.364 e. The van der Waals surface area contributed by atoms with Gasteiger partial charge in [-0.1, -0.05) is 35.5 Å². The monoisotopic (exact) mass is 326 g/mol. The van der Waals surface area contributed by atoms with E-state index in [2.05, 4.69) is 50.3 Å². The quantitative estimate of drug-likeness (QED) is 0.737. The molecule has 1 aliphatic heterocycles. The molecule has 0 spiro atoms. The van der Waals surface area contributed by atoms with Crippen LogP contribution in [0.3, 0.4) is 0 Å². The highest BCUT2D eigenvalue weighted by atomic mass is 32.1. The van der Waals surface area contributed by atoms with E-state index in [1.54, 1.807) is 17.6 Å². The van der Waals surface area contributed by atoms with Crippen molar-refractivity contribution < 1.29 is 4.52 Å². The normalized spacial score (nSPS) is 15.9. The van der Waals surface area contributed by atoms with Crippen LogP contribution in [0.4, 0.5) is 5.13 Å². The zero-order valence-corrected chi connectivity index (χ0v) is 13.6. The standard InChI is InChI=1S/C17H18N4OS/c1-2-4-14(5-3-1)12-20-7-9-21(10-8-20)17-18-16(13-23-17)15-6-11-22-19-15/h1-6,11,13H,7-10,12H2. The van der Waals surface area contributed by atoms with E-state index in [4.69, 9.17) is 4.52 Å². The number of rotatable bonds is 4. The molecule has 1 aliphatic rings. The Bertz CT molecular complexity index is 733.